The molecule has 0 saturated heterocycles. The number of carbonyl (C=O) groups is 1. The van der Waals surface area contributed by atoms with Crippen LogP contribution < -0.4 is 15.2 Å². The zero-order valence-corrected chi connectivity index (χ0v) is 8.74. The molecule has 0 aliphatic heterocycles. The normalized spacial score (nSPS) is 17.6. The molecular weight excluding hydrogens is 194 g/mol. The third kappa shape index (κ3) is 1.42. The van der Waals surface area contributed by atoms with E-state index >= 15 is 0 Å². The van der Waals surface area contributed by atoms with Crippen LogP contribution in [0.3, 0.4) is 0 Å². The third-order valence-corrected chi connectivity index (χ3v) is 2.79. The summed E-state index contributed by atoms with van der Waals surface area (Å²) >= 11 is 0. The molecule has 4 heteroatoms. The quantitative estimate of drug-likeness (QED) is 0.798. The van der Waals surface area contributed by atoms with Gasteiger partial charge in [-0.2, -0.15) is 0 Å². The predicted molar refractivity (Wildman–Crippen MR) is 55.2 cm³/mol. The van der Waals surface area contributed by atoms with E-state index < -0.39 is 0 Å². The number of ether oxygens (including phenoxy) is 2. The van der Waals surface area contributed by atoms with E-state index in [0.29, 0.717) is 17.9 Å². The Kier molecular flexibility index (Phi) is 2.26. The highest BCUT2D eigenvalue weighted by Crippen LogP contribution is 2.41. The second-order valence-electron chi connectivity index (χ2n) is 3.57. The number of carbonyl (C=O) groups excluding carboxylic acids is 1. The van der Waals surface area contributed by atoms with Crippen molar-refractivity contribution in [2.45, 2.75) is 12.3 Å². The number of amides is 1. The second-order valence-corrected chi connectivity index (χ2v) is 3.57. The van der Waals surface area contributed by atoms with Crippen LogP contribution in [0.15, 0.2) is 12.1 Å². The van der Waals surface area contributed by atoms with Crippen molar-refractivity contribution in [3.05, 3.63) is 23.3 Å². The van der Waals surface area contributed by atoms with Gasteiger partial charge in [-0.25, -0.2) is 0 Å². The van der Waals surface area contributed by atoms with Crippen LogP contribution >= 0.6 is 0 Å². The van der Waals surface area contributed by atoms with Crippen LogP contribution in [0.2, 0.25) is 0 Å². The molecule has 2 N–H and O–H groups in total. The molecule has 0 radical (unpaired) electrons. The molecule has 0 saturated carbocycles. The van der Waals surface area contributed by atoms with Crippen LogP contribution in [0.4, 0.5) is 0 Å². The summed E-state index contributed by atoms with van der Waals surface area (Å²) in [5.74, 6) is 0.885. The van der Waals surface area contributed by atoms with Gasteiger partial charge in [0.1, 0.15) is 0 Å². The molecule has 1 aliphatic carbocycles. The average Bonchev–Trinajstić information content (AvgIpc) is 2.19. The van der Waals surface area contributed by atoms with E-state index in [9.17, 15) is 4.79 Å². The topological polar surface area (TPSA) is 61.6 Å². The van der Waals surface area contributed by atoms with Crippen molar-refractivity contribution < 1.29 is 14.3 Å². The third-order valence-electron chi connectivity index (χ3n) is 2.79. The lowest BCUT2D eigenvalue weighted by atomic mass is 9.77. The highest BCUT2D eigenvalue weighted by molar-refractivity contribution is 5.85. The van der Waals surface area contributed by atoms with E-state index in [2.05, 4.69) is 0 Å². The Balaban J connectivity index is 2.41. The number of primary amides is 1. The first-order valence-electron chi connectivity index (χ1n) is 4.71. The summed E-state index contributed by atoms with van der Waals surface area (Å²) in [5.41, 5.74) is 7.33. The average molecular weight is 207 g/mol. The Morgan fingerprint density at radius 2 is 1.93 bits per heavy atom. The lowest BCUT2D eigenvalue weighted by molar-refractivity contribution is -0.119. The molecule has 1 aromatic rings. The van der Waals surface area contributed by atoms with E-state index in [0.717, 1.165) is 11.1 Å². The van der Waals surface area contributed by atoms with Crippen LogP contribution in [0.5, 0.6) is 11.5 Å². The molecule has 0 bridgehead atoms. The van der Waals surface area contributed by atoms with Crippen molar-refractivity contribution in [2.24, 2.45) is 5.73 Å². The van der Waals surface area contributed by atoms with Gasteiger partial charge in [0.15, 0.2) is 11.5 Å². The van der Waals surface area contributed by atoms with E-state index in [1.807, 2.05) is 12.1 Å². The molecule has 0 spiro atoms. The van der Waals surface area contributed by atoms with Crippen LogP contribution in [0.1, 0.15) is 17.0 Å². The van der Waals surface area contributed by atoms with Gasteiger partial charge in [-0.05, 0) is 29.7 Å². The monoisotopic (exact) mass is 207 g/mol. The van der Waals surface area contributed by atoms with Crippen molar-refractivity contribution in [1.82, 2.24) is 0 Å². The highest BCUT2D eigenvalue weighted by atomic mass is 16.5. The fourth-order valence-corrected chi connectivity index (χ4v) is 1.89. The first-order chi connectivity index (χ1) is 7.17. The standard InChI is InChI=1S/C11H13NO3/c1-14-9-4-6-3-8(11(12)13)7(6)5-10(9)15-2/h4-5,8H,3H2,1-2H3,(H2,12,13)/t8-/m1/s1. The maximum atomic E-state index is 11.0. The summed E-state index contributed by atoms with van der Waals surface area (Å²) in [6.07, 6.45) is 0.699. The molecule has 1 aliphatic rings. The van der Waals surface area contributed by atoms with Gasteiger partial charge >= 0.3 is 0 Å². The van der Waals surface area contributed by atoms with Gasteiger partial charge in [-0.1, -0.05) is 0 Å². The molecule has 0 heterocycles. The summed E-state index contributed by atoms with van der Waals surface area (Å²) in [6.45, 7) is 0. The second kappa shape index (κ2) is 3.46. The number of hydrogen-bond donors (Lipinski definition) is 1. The van der Waals surface area contributed by atoms with Gasteiger partial charge in [0.2, 0.25) is 5.91 Å². The SMILES string of the molecule is COc1cc2c(cc1OC)[C@H](C(N)=O)C2. The van der Waals surface area contributed by atoms with E-state index in [1.54, 1.807) is 14.2 Å². The lowest BCUT2D eigenvalue weighted by Gasteiger charge is -2.28. The smallest absolute Gasteiger partial charge is 0.225 e. The summed E-state index contributed by atoms with van der Waals surface area (Å²) in [7, 11) is 3.16. The van der Waals surface area contributed by atoms with E-state index in [-0.39, 0.29) is 11.8 Å². The summed E-state index contributed by atoms with van der Waals surface area (Å²) in [5, 5.41) is 0. The molecule has 1 aromatic carbocycles. The first kappa shape index (κ1) is 9.83. The van der Waals surface area contributed by atoms with Crippen molar-refractivity contribution >= 4 is 5.91 Å². The minimum absolute atomic E-state index is 0.167. The molecule has 80 valence electrons. The van der Waals surface area contributed by atoms with Gasteiger partial charge in [0, 0.05) is 0 Å². The molecule has 1 atom stereocenters. The highest BCUT2D eigenvalue weighted by Gasteiger charge is 2.32. The Morgan fingerprint density at radius 1 is 1.33 bits per heavy atom. The minimum Gasteiger partial charge on any atom is -0.493 e. The van der Waals surface area contributed by atoms with Crippen LogP contribution in [-0.2, 0) is 11.2 Å². The Hall–Kier alpha value is -1.71. The zero-order valence-electron chi connectivity index (χ0n) is 8.74. The van der Waals surface area contributed by atoms with Gasteiger partial charge in [-0.15, -0.1) is 0 Å². The number of benzene rings is 1. The van der Waals surface area contributed by atoms with Crippen molar-refractivity contribution in [1.29, 1.82) is 0 Å². The van der Waals surface area contributed by atoms with Gasteiger partial charge < -0.3 is 15.2 Å². The molecule has 4 nitrogen and oxygen atoms in total. The van der Waals surface area contributed by atoms with Gasteiger partial charge in [0.05, 0.1) is 20.1 Å². The molecule has 0 fully saturated rings. The lowest BCUT2D eigenvalue weighted by Crippen LogP contribution is -2.30. The molecule has 0 unspecified atom stereocenters. The molecule has 1 amide bonds. The molecule has 0 aromatic heterocycles. The van der Waals surface area contributed by atoms with Gasteiger partial charge in [0.25, 0.3) is 0 Å². The summed E-state index contributed by atoms with van der Waals surface area (Å²) < 4.78 is 10.3. The van der Waals surface area contributed by atoms with Crippen LogP contribution in [0, 0.1) is 0 Å². The summed E-state index contributed by atoms with van der Waals surface area (Å²) in [6, 6.07) is 3.72. The largest absolute Gasteiger partial charge is 0.493 e. The van der Waals surface area contributed by atoms with E-state index in [4.69, 9.17) is 15.2 Å². The molecule has 15 heavy (non-hydrogen) atoms. The van der Waals surface area contributed by atoms with Crippen molar-refractivity contribution in [3.63, 3.8) is 0 Å². The number of nitrogens with two attached hydrogens (primary N) is 1. The predicted octanol–water partition coefficient (Wildman–Crippen LogP) is 0.829. The Labute approximate surface area is 88.0 Å². The minimum atomic E-state index is -0.283. The fraction of sp³-hybridized carbons (Fsp3) is 0.364. The zero-order chi connectivity index (χ0) is 11.0. The molecular formula is C11H13NO3. The fourth-order valence-electron chi connectivity index (χ4n) is 1.89. The number of hydrogen-bond acceptors (Lipinski definition) is 3. The maximum Gasteiger partial charge on any atom is 0.225 e. The Morgan fingerprint density at radius 3 is 2.47 bits per heavy atom. The van der Waals surface area contributed by atoms with E-state index in [1.165, 1.54) is 0 Å². The maximum absolute atomic E-state index is 11.0. The number of methoxy groups -OCH3 is 2. The Bertz CT molecular complexity index is 415. The van der Waals surface area contributed by atoms with Gasteiger partial charge in [-0.3, -0.25) is 4.79 Å². The molecule has 2 rings (SSSR count). The van der Waals surface area contributed by atoms with Crippen LogP contribution in [-0.4, -0.2) is 20.1 Å². The number of rotatable bonds is 3. The number of fused-ring (bicyclic) bond motifs is 1. The van der Waals surface area contributed by atoms with Crippen molar-refractivity contribution in [3.8, 4) is 11.5 Å². The van der Waals surface area contributed by atoms with Crippen molar-refractivity contribution in [2.75, 3.05) is 14.2 Å². The van der Waals surface area contributed by atoms with Crippen LogP contribution in [0.25, 0.3) is 0 Å². The first-order valence-corrected chi connectivity index (χ1v) is 4.71. The summed E-state index contributed by atoms with van der Waals surface area (Å²) in [4.78, 5) is 11.0.